The summed E-state index contributed by atoms with van der Waals surface area (Å²) in [5.74, 6) is 1.02. The van der Waals surface area contributed by atoms with Crippen LogP contribution in [0, 0.1) is 0 Å². The molecule has 4 heteroatoms. The van der Waals surface area contributed by atoms with E-state index in [1.165, 1.54) is 79.8 Å². The molecule has 2 saturated heterocycles. The highest BCUT2D eigenvalue weighted by Crippen LogP contribution is 2.31. The van der Waals surface area contributed by atoms with Crippen molar-refractivity contribution in [1.29, 1.82) is 0 Å². The molecule has 0 bridgehead atoms. The van der Waals surface area contributed by atoms with E-state index < -0.39 is 0 Å². The summed E-state index contributed by atoms with van der Waals surface area (Å²) in [6.45, 7) is 6.39. The van der Waals surface area contributed by atoms with Gasteiger partial charge in [-0.2, -0.15) is 12.6 Å². The fourth-order valence-electron chi connectivity index (χ4n) is 5.30. The average molecular weight is 410 g/mol. The first-order chi connectivity index (χ1) is 14.2. The van der Waals surface area contributed by atoms with Crippen LogP contribution in [-0.4, -0.2) is 49.0 Å². The van der Waals surface area contributed by atoms with Crippen molar-refractivity contribution in [3.63, 3.8) is 0 Å². The number of rotatable bonds is 6. The summed E-state index contributed by atoms with van der Waals surface area (Å²) in [6, 6.07) is 16.2. The predicted octanol–water partition coefficient (Wildman–Crippen LogP) is 4.19. The Morgan fingerprint density at radius 3 is 2.41 bits per heavy atom. The molecule has 2 aliphatic rings. The molecular weight excluding hydrogens is 374 g/mol. The van der Waals surface area contributed by atoms with Crippen LogP contribution in [0.2, 0.25) is 0 Å². The van der Waals surface area contributed by atoms with Crippen LogP contribution in [0.1, 0.15) is 36.9 Å². The molecular formula is C25H35N3S+2. The Hall–Kier alpha value is -1.78. The highest BCUT2D eigenvalue weighted by molar-refractivity contribution is 7.80. The molecule has 1 aromatic carbocycles. The lowest BCUT2D eigenvalue weighted by Crippen LogP contribution is -2.58. The number of aromatic nitrogens is 1. The van der Waals surface area contributed by atoms with Crippen molar-refractivity contribution >= 4 is 30.5 Å². The molecule has 2 aromatic rings. The maximum absolute atomic E-state index is 4.57. The zero-order chi connectivity index (χ0) is 20.1. The summed E-state index contributed by atoms with van der Waals surface area (Å²) >= 11 is 4.57. The molecule has 154 valence electrons. The van der Waals surface area contributed by atoms with Crippen molar-refractivity contribution in [1.82, 2.24) is 0 Å². The third-order valence-corrected chi connectivity index (χ3v) is 7.24. The number of aryl methyl sites for hydroxylation is 1. The molecule has 2 fully saturated rings. The summed E-state index contributed by atoms with van der Waals surface area (Å²) in [5.41, 5.74) is 3.83. The van der Waals surface area contributed by atoms with Crippen LogP contribution >= 0.6 is 12.6 Å². The number of hydrogen-bond donors (Lipinski definition) is 1. The van der Waals surface area contributed by atoms with Gasteiger partial charge in [0.05, 0.1) is 25.7 Å². The third kappa shape index (κ3) is 4.70. The largest absolute Gasteiger partial charge is 0.371 e. The van der Waals surface area contributed by atoms with Crippen LogP contribution in [0.5, 0.6) is 0 Å². The minimum absolute atomic E-state index is 0.842. The lowest BCUT2D eigenvalue weighted by molar-refractivity contribution is -0.939. The van der Waals surface area contributed by atoms with E-state index in [0.717, 1.165) is 11.8 Å². The van der Waals surface area contributed by atoms with Gasteiger partial charge in [0.1, 0.15) is 7.05 Å². The second-order valence-corrected chi connectivity index (χ2v) is 9.15. The summed E-state index contributed by atoms with van der Waals surface area (Å²) in [5, 5.41) is 0. The molecule has 3 heterocycles. The zero-order valence-corrected chi connectivity index (χ0v) is 18.6. The maximum Gasteiger partial charge on any atom is 0.204 e. The lowest BCUT2D eigenvalue weighted by atomic mass is 9.99. The highest BCUT2D eigenvalue weighted by atomic mass is 32.1. The van der Waals surface area contributed by atoms with Crippen molar-refractivity contribution < 1.29 is 9.05 Å². The first-order valence-electron chi connectivity index (χ1n) is 11.1. The van der Waals surface area contributed by atoms with E-state index in [-0.39, 0.29) is 0 Å². The maximum atomic E-state index is 4.57. The van der Waals surface area contributed by atoms with Crippen LogP contribution in [-0.2, 0) is 7.05 Å². The van der Waals surface area contributed by atoms with E-state index in [2.05, 4.69) is 90.0 Å². The second-order valence-electron chi connectivity index (χ2n) is 8.70. The van der Waals surface area contributed by atoms with Crippen molar-refractivity contribution in [2.75, 3.05) is 43.4 Å². The number of nitrogens with zero attached hydrogens (tertiary/aromatic N) is 3. The topological polar surface area (TPSA) is 7.12 Å². The van der Waals surface area contributed by atoms with Crippen molar-refractivity contribution in [3.05, 3.63) is 59.9 Å². The van der Waals surface area contributed by atoms with Gasteiger partial charge in [-0.05, 0) is 29.8 Å². The fraction of sp³-hybridized carbons (Fsp3) is 0.480. The number of benzene rings is 1. The molecule has 3 nitrogen and oxygen atoms in total. The SMILES string of the molecule is C[n+]1ccccc1/C=C/c1ccc(N2CCC([N+]3(CCS)CCCC3)CC2)cc1. The number of likely N-dealkylation sites (tertiary alicyclic amines) is 1. The van der Waals surface area contributed by atoms with Gasteiger partial charge in [-0.1, -0.05) is 12.1 Å². The van der Waals surface area contributed by atoms with Gasteiger partial charge < -0.3 is 9.38 Å². The van der Waals surface area contributed by atoms with Gasteiger partial charge >= 0.3 is 0 Å². The molecule has 0 radical (unpaired) electrons. The smallest absolute Gasteiger partial charge is 0.204 e. The van der Waals surface area contributed by atoms with E-state index in [0.29, 0.717) is 0 Å². The van der Waals surface area contributed by atoms with Gasteiger partial charge in [-0.15, -0.1) is 0 Å². The predicted molar refractivity (Wildman–Crippen MR) is 126 cm³/mol. The van der Waals surface area contributed by atoms with Gasteiger partial charge in [0.15, 0.2) is 6.20 Å². The molecule has 0 atom stereocenters. The molecule has 0 aliphatic carbocycles. The minimum atomic E-state index is 0.842. The molecule has 0 saturated carbocycles. The highest BCUT2D eigenvalue weighted by Gasteiger charge is 2.40. The Morgan fingerprint density at radius 1 is 1.03 bits per heavy atom. The van der Waals surface area contributed by atoms with Gasteiger partial charge in [0.2, 0.25) is 5.69 Å². The van der Waals surface area contributed by atoms with Crippen LogP contribution in [0.4, 0.5) is 5.69 Å². The van der Waals surface area contributed by atoms with Crippen LogP contribution in [0.3, 0.4) is 0 Å². The van der Waals surface area contributed by atoms with E-state index in [4.69, 9.17) is 0 Å². The molecule has 2 aliphatic heterocycles. The Bertz CT molecular complexity index is 816. The number of quaternary nitrogens is 1. The summed E-state index contributed by atoms with van der Waals surface area (Å²) in [4.78, 5) is 2.58. The molecule has 0 unspecified atom stereocenters. The lowest BCUT2D eigenvalue weighted by Gasteiger charge is -2.45. The second kappa shape index (κ2) is 9.36. The van der Waals surface area contributed by atoms with E-state index in [1.54, 1.807) is 0 Å². The van der Waals surface area contributed by atoms with Gasteiger partial charge in [-0.3, -0.25) is 0 Å². The molecule has 29 heavy (non-hydrogen) atoms. The van der Waals surface area contributed by atoms with Crippen LogP contribution < -0.4 is 9.47 Å². The standard InChI is InChI=1S/C25H34N3S/c1-26-15-3-2-6-23(26)10-7-22-8-11-24(12-9-22)27-16-13-25(14-17-27)28(20-21-29)18-4-5-19-28/h2-3,6-12,15,25H,4-5,13-14,16-21H2,1H3/q+1/p+1. The number of thiol groups is 1. The van der Waals surface area contributed by atoms with Gasteiger partial charge in [-0.25, -0.2) is 4.57 Å². The Kier molecular flexibility index (Phi) is 6.61. The first-order valence-corrected chi connectivity index (χ1v) is 11.8. The first kappa shape index (κ1) is 20.5. The molecule has 0 spiro atoms. The zero-order valence-electron chi connectivity index (χ0n) is 17.7. The molecule has 4 rings (SSSR count). The number of pyridine rings is 1. The van der Waals surface area contributed by atoms with Gasteiger partial charge in [0.25, 0.3) is 0 Å². The minimum Gasteiger partial charge on any atom is -0.371 e. The van der Waals surface area contributed by atoms with Crippen LogP contribution in [0.25, 0.3) is 12.2 Å². The van der Waals surface area contributed by atoms with E-state index >= 15 is 0 Å². The Labute approximate surface area is 181 Å². The van der Waals surface area contributed by atoms with Crippen molar-refractivity contribution in [2.45, 2.75) is 31.7 Å². The fourth-order valence-corrected chi connectivity index (χ4v) is 5.69. The summed E-state index contributed by atoms with van der Waals surface area (Å²) < 4.78 is 3.48. The number of hydrogen-bond acceptors (Lipinski definition) is 2. The molecule has 0 amide bonds. The molecule has 0 N–H and O–H groups in total. The Balaban J connectivity index is 1.36. The van der Waals surface area contributed by atoms with Crippen LogP contribution in [0.15, 0.2) is 48.7 Å². The van der Waals surface area contributed by atoms with Gasteiger partial charge in [0, 0.05) is 68.4 Å². The van der Waals surface area contributed by atoms with Crippen molar-refractivity contribution in [2.24, 2.45) is 7.05 Å². The normalized spacial score (nSPS) is 19.9. The quantitative estimate of drug-likeness (QED) is 0.427. The number of piperidine rings is 1. The number of anilines is 1. The van der Waals surface area contributed by atoms with E-state index in [9.17, 15) is 0 Å². The summed E-state index contributed by atoms with van der Waals surface area (Å²) in [6.07, 6.45) is 11.9. The average Bonchev–Trinajstić information content (AvgIpc) is 3.24. The van der Waals surface area contributed by atoms with Crippen molar-refractivity contribution in [3.8, 4) is 0 Å². The molecule has 1 aromatic heterocycles. The third-order valence-electron chi connectivity index (χ3n) is 7.04. The summed E-state index contributed by atoms with van der Waals surface area (Å²) in [7, 11) is 2.08. The Morgan fingerprint density at radius 2 is 1.76 bits per heavy atom. The monoisotopic (exact) mass is 409 g/mol. The van der Waals surface area contributed by atoms with E-state index in [1.807, 2.05) is 0 Å².